The third-order valence-electron chi connectivity index (χ3n) is 6.89. The number of hydrogen-bond donors (Lipinski definition) is 1. The van der Waals surface area contributed by atoms with Crippen LogP contribution in [0.15, 0.2) is 0 Å². The van der Waals surface area contributed by atoms with Crippen LogP contribution in [0.25, 0.3) is 0 Å². The molecular formula is C25H40F2O6. The van der Waals surface area contributed by atoms with Gasteiger partial charge in [0.1, 0.15) is 5.78 Å². The number of halogens is 2. The second-order valence-corrected chi connectivity index (χ2v) is 9.53. The first-order valence-electron chi connectivity index (χ1n) is 12.7. The van der Waals surface area contributed by atoms with E-state index in [1.165, 1.54) is 0 Å². The molecule has 0 bridgehead atoms. The first-order valence-corrected chi connectivity index (χ1v) is 12.7. The van der Waals surface area contributed by atoms with Crippen molar-refractivity contribution in [3.05, 3.63) is 0 Å². The summed E-state index contributed by atoms with van der Waals surface area (Å²) in [6, 6.07) is 0. The van der Waals surface area contributed by atoms with Gasteiger partial charge in [-0.1, -0.05) is 32.6 Å². The number of rotatable bonds is 16. The highest BCUT2D eigenvalue weighted by molar-refractivity contribution is 5.86. The summed E-state index contributed by atoms with van der Waals surface area (Å²) >= 11 is 0. The first kappa shape index (κ1) is 27.8. The zero-order chi connectivity index (χ0) is 24.3. The van der Waals surface area contributed by atoms with Gasteiger partial charge in [-0.05, 0) is 50.9 Å². The van der Waals surface area contributed by atoms with Crippen LogP contribution in [-0.4, -0.2) is 47.6 Å². The van der Waals surface area contributed by atoms with Crippen molar-refractivity contribution in [2.45, 2.75) is 122 Å². The molecule has 6 nitrogen and oxygen atoms in total. The van der Waals surface area contributed by atoms with Crippen LogP contribution in [-0.2, 0) is 23.9 Å². The van der Waals surface area contributed by atoms with E-state index in [9.17, 15) is 23.2 Å². The number of ketones is 2. The predicted molar refractivity (Wildman–Crippen MR) is 119 cm³/mol. The summed E-state index contributed by atoms with van der Waals surface area (Å²) in [4.78, 5) is 35.7. The second-order valence-electron chi connectivity index (χ2n) is 9.53. The quantitative estimate of drug-likeness (QED) is 0.289. The topological polar surface area (TPSA) is 89.9 Å². The lowest BCUT2D eigenvalue weighted by Gasteiger charge is -2.30. The van der Waals surface area contributed by atoms with Crippen molar-refractivity contribution in [2.75, 3.05) is 6.61 Å². The monoisotopic (exact) mass is 474 g/mol. The molecule has 1 aliphatic carbocycles. The lowest BCUT2D eigenvalue weighted by Crippen LogP contribution is -2.33. The maximum Gasteiger partial charge on any atom is 0.305 e. The number of unbranched alkanes of at least 4 members (excludes halogenated alkanes) is 4. The molecular weight excluding hydrogens is 434 g/mol. The van der Waals surface area contributed by atoms with Crippen LogP contribution >= 0.6 is 0 Å². The summed E-state index contributed by atoms with van der Waals surface area (Å²) in [5.74, 6) is -5.69. The van der Waals surface area contributed by atoms with Crippen molar-refractivity contribution >= 4 is 17.5 Å². The average Bonchev–Trinajstić information content (AvgIpc) is 3.07. The molecule has 1 aliphatic heterocycles. The molecule has 0 amide bonds. The number of carbonyl (C=O) groups excluding carboxylic acids is 2. The number of carboxylic acid groups (broad SMARTS) is 1. The minimum Gasteiger partial charge on any atom is -0.481 e. The van der Waals surface area contributed by atoms with E-state index >= 15 is 0 Å². The van der Waals surface area contributed by atoms with Gasteiger partial charge in [0.25, 0.3) is 0 Å². The lowest BCUT2D eigenvalue weighted by molar-refractivity contribution is -0.196. The van der Waals surface area contributed by atoms with Gasteiger partial charge in [0.15, 0.2) is 6.29 Å². The Labute approximate surface area is 195 Å². The van der Waals surface area contributed by atoms with Gasteiger partial charge in [-0.15, -0.1) is 0 Å². The molecule has 190 valence electrons. The van der Waals surface area contributed by atoms with Crippen LogP contribution in [0, 0.1) is 11.8 Å². The van der Waals surface area contributed by atoms with Gasteiger partial charge in [0.05, 0.1) is 6.10 Å². The van der Waals surface area contributed by atoms with E-state index in [0.717, 1.165) is 38.5 Å². The Hall–Kier alpha value is -1.41. The molecule has 0 radical (unpaired) electrons. The van der Waals surface area contributed by atoms with Crippen molar-refractivity contribution in [3.8, 4) is 0 Å². The minimum absolute atomic E-state index is 0.0662. The van der Waals surface area contributed by atoms with Crippen molar-refractivity contribution in [2.24, 2.45) is 11.8 Å². The Balaban J connectivity index is 1.95. The fourth-order valence-electron chi connectivity index (χ4n) is 4.94. The standard InChI is InChI=1S/C25H40F2O6/c1-2-3-15-25(26,27)22(29)14-13-19-18(10-6-4-5-7-11-23(30)31)20(28)17-21(19)33-24-12-8-9-16-32-24/h18-19,21,24H,2-17H2,1H3,(H,30,31)/t18-,19-,21-,24?/m0/s1. The number of carbonyl (C=O) groups is 3. The van der Waals surface area contributed by atoms with E-state index in [1.54, 1.807) is 0 Å². The molecule has 33 heavy (non-hydrogen) atoms. The molecule has 2 fully saturated rings. The smallest absolute Gasteiger partial charge is 0.305 e. The Morgan fingerprint density at radius 3 is 2.52 bits per heavy atom. The highest BCUT2D eigenvalue weighted by atomic mass is 19.3. The highest BCUT2D eigenvalue weighted by Crippen LogP contribution is 2.40. The average molecular weight is 475 g/mol. The maximum absolute atomic E-state index is 14.2. The van der Waals surface area contributed by atoms with E-state index in [0.29, 0.717) is 32.3 Å². The molecule has 2 aliphatic rings. The van der Waals surface area contributed by atoms with E-state index in [4.69, 9.17) is 14.6 Å². The SMILES string of the molecule is CCCCC(F)(F)C(=O)CC[C@@H]1[C@@H](OC2CCCCO2)CC(=O)[C@H]1CCCCCCC(=O)O. The lowest BCUT2D eigenvalue weighted by atomic mass is 9.84. The zero-order valence-electron chi connectivity index (χ0n) is 19.9. The first-order chi connectivity index (χ1) is 15.7. The fourth-order valence-corrected chi connectivity index (χ4v) is 4.94. The van der Waals surface area contributed by atoms with Crippen LogP contribution in [0.5, 0.6) is 0 Å². The molecule has 8 heteroatoms. The van der Waals surface area contributed by atoms with Gasteiger partial charge >= 0.3 is 11.9 Å². The summed E-state index contributed by atoms with van der Waals surface area (Å²) < 4.78 is 40.2. The van der Waals surface area contributed by atoms with E-state index < -0.39 is 30.2 Å². The van der Waals surface area contributed by atoms with Crippen LogP contribution < -0.4 is 0 Å². The Bertz CT molecular complexity index is 632. The van der Waals surface area contributed by atoms with E-state index in [2.05, 4.69) is 0 Å². The number of hydrogen-bond acceptors (Lipinski definition) is 5. The van der Waals surface area contributed by atoms with E-state index in [-0.39, 0.29) is 49.6 Å². The van der Waals surface area contributed by atoms with E-state index in [1.807, 2.05) is 6.92 Å². The van der Waals surface area contributed by atoms with Gasteiger partial charge in [-0.3, -0.25) is 14.4 Å². The molecule has 1 heterocycles. The molecule has 1 unspecified atom stereocenters. The predicted octanol–water partition coefficient (Wildman–Crippen LogP) is 5.70. The molecule has 0 spiro atoms. The molecule has 0 aromatic carbocycles. The zero-order valence-corrected chi connectivity index (χ0v) is 19.9. The number of alkyl halides is 2. The van der Waals surface area contributed by atoms with Gasteiger partial charge in [-0.2, -0.15) is 8.78 Å². The molecule has 1 N–H and O–H groups in total. The molecule has 4 atom stereocenters. The molecule has 1 saturated carbocycles. The third-order valence-corrected chi connectivity index (χ3v) is 6.89. The van der Waals surface area contributed by atoms with Crippen molar-refractivity contribution in [1.82, 2.24) is 0 Å². The molecule has 0 aromatic rings. The fraction of sp³-hybridized carbons (Fsp3) is 0.880. The Kier molecular flexibility index (Phi) is 11.9. The summed E-state index contributed by atoms with van der Waals surface area (Å²) in [5.41, 5.74) is 0. The summed E-state index contributed by atoms with van der Waals surface area (Å²) in [6.45, 7) is 2.42. The normalized spacial score (nSPS) is 26.0. The maximum atomic E-state index is 14.2. The molecule has 2 rings (SSSR count). The van der Waals surface area contributed by atoms with Gasteiger partial charge in [0.2, 0.25) is 5.78 Å². The van der Waals surface area contributed by atoms with Gasteiger partial charge in [-0.25, -0.2) is 0 Å². The largest absolute Gasteiger partial charge is 0.481 e. The van der Waals surface area contributed by atoms with Gasteiger partial charge in [0, 0.05) is 38.2 Å². The highest BCUT2D eigenvalue weighted by Gasteiger charge is 2.45. The van der Waals surface area contributed by atoms with Crippen molar-refractivity contribution < 1.29 is 37.7 Å². The van der Waals surface area contributed by atoms with Crippen LogP contribution in [0.3, 0.4) is 0 Å². The number of carboxylic acids is 1. The third kappa shape index (κ3) is 9.39. The minimum atomic E-state index is -3.32. The van der Waals surface area contributed by atoms with Crippen molar-refractivity contribution in [1.29, 1.82) is 0 Å². The van der Waals surface area contributed by atoms with Crippen molar-refractivity contribution in [3.63, 3.8) is 0 Å². The summed E-state index contributed by atoms with van der Waals surface area (Å²) in [7, 11) is 0. The van der Waals surface area contributed by atoms with Gasteiger partial charge < -0.3 is 14.6 Å². The number of aliphatic carboxylic acids is 1. The molecule has 0 aromatic heterocycles. The van der Waals surface area contributed by atoms with Crippen LogP contribution in [0.1, 0.15) is 103 Å². The Morgan fingerprint density at radius 1 is 1.09 bits per heavy atom. The summed E-state index contributed by atoms with van der Waals surface area (Å²) in [5, 5.41) is 8.73. The second kappa shape index (κ2) is 14.1. The Morgan fingerprint density at radius 2 is 1.85 bits per heavy atom. The van der Waals surface area contributed by atoms with Crippen LogP contribution in [0.2, 0.25) is 0 Å². The summed E-state index contributed by atoms with van der Waals surface area (Å²) in [6.07, 6.45) is 6.29. The number of Topliss-reactive ketones (excluding diaryl/α,β-unsaturated/α-hetero) is 2. The molecule has 1 saturated heterocycles. The van der Waals surface area contributed by atoms with Crippen LogP contribution in [0.4, 0.5) is 8.78 Å². The number of ether oxygens (including phenoxy) is 2.